The van der Waals surface area contributed by atoms with Crippen LogP contribution in [0.3, 0.4) is 0 Å². The first-order chi connectivity index (χ1) is 14.7. The van der Waals surface area contributed by atoms with Crippen molar-refractivity contribution in [3.8, 4) is 0 Å². The van der Waals surface area contributed by atoms with Gasteiger partial charge in [0.05, 0.1) is 11.6 Å². The fourth-order valence-electron chi connectivity index (χ4n) is 4.94. The number of fused-ring (bicyclic) bond motifs is 1. The van der Waals surface area contributed by atoms with Gasteiger partial charge in [0.2, 0.25) is 0 Å². The largest absolute Gasteiger partial charge is 0.416 e. The molecule has 0 bridgehead atoms. The van der Waals surface area contributed by atoms with Gasteiger partial charge in [-0.05, 0) is 73.0 Å². The molecule has 0 aromatic heterocycles. The van der Waals surface area contributed by atoms with Gasteiger partial charge in [-0.1, -0.05) is 58.0 Å². The SMILES string of the molecule is CCN(CC)C[C@H](C)CC[C@@H]1C(C)c2cc(C(F)(F)F)ccc2N[C@H]1c1ccccc1. The van der Waals surface area contributed by atoms with Crippen LogP contribution in [-0.2, 0) is 6.18 Å². The highest BCUT2D eigenvalue weighted by molar-refractivity contribution is 5.59. The molecule has 0 saturated heterocycles. The second-order valence-corrected chi connectivity index (χ2v) is 8.95. The Kier molecular flexibility index (Phi) is 7.68. The second kappa shape index (κ2) is 10.1. The van der Waals surface area contributed by atoms with Crippen molar-refractivity contribution in [2.24, 2.45) is 11.8 Å². The number of hydrogen-bond donors (Lipinski definition) is 1. The van der Waals surface area contributed by atoms with Crippen LogP contribution >= 0.6 is 0 Å². The summed E-state index contributed by atoms with van der Waals surface area (Å²) in [7, 11) is 0. The van der Waals surface area contributed by atoms with E-state index in [0.717, 1.165) is 43.7 Å². The maximum Gasteiger partial charge on any atom is 0.416 e. The lowest BCUT2D eigenvalue weighted by molar-refractivity contribution is -0.137. The Hall–Kier alpha value is -2.01. The Labute approximate surface area is 184 Å². The molecule has 2 aromatic rings. The van der Waals surface area contributed by atoms with Crippen molar-refractivity contribution in [3.63, 3.8) is 0 Å². The molecule has 1 aliphatic rings. The average Bonchev–Trinajstić information content (AvgIpc) is 2.76. The summed E-state index contributed by atoms with van der Waals surface area (Å²) in [5, 5.41) is 3.58. The number of alkyl halides is 3. The summed E-state index contributed by atoms with van der Waals surface area (Å²) >= 11 is 0. The van der Waals surface area contributed by atoms with Gasteiger partial charge in [-0.2, -0.15) is 13.2 Å². The Morgan fingerprint density at radius 2 is 1.71 bits per heavy atom. The first-order valence-corrected chi connectivity index (χ1v) is 11.5. The molecule has 5 heteroatoms. The van der Waals surface area contributed by atoms with Crippen LogP contribution in [-0.4, -0.2) is 24.5 Å². The van der Waals surface area contributed by atoms with Crippen molar-refractivity contribution in [2.75, 3.05) is 25.0 Å². The Bertz CT molecular complexity index is 830. The van der Waals surface area contributed by atoms with Crippen molar-refractivity contribution in [2.45, 2.75) is 58.7 Å². The maximum absolute atomic E-state index is 13.3. The van der Waals surface area contributed by atoms with Gasteiger partial charge in [0, 0.05) is 12.2 Å². The van der Waals surface area contributed by atoms with Crippen LogP contribution in [0.5, 0.6) is 0 Å². The molecule has 170 valence electrons. The summed E-state index contributed by atoms with van der Waals surface area (Å²) in [5.41, 5.74) is 2.23. The van der Waals surface area contributed by atoms with Crippen LogP contribution in [0.1, 0.15) is 69.2 Å². The average molecular weight is 433 g/mol. The minimum Gasteiger partial charge on any atom is -0.378 e. The molecule has 3 rings (SSSR count). The highest BCUT2D eigenvalue weighted by atomic mass is 19.4. The predicted octanol–water partition coefficient (Wildman–Crippen LogP) is 7.35. The van der Waals surface area contributed by atoms with Gasteiger partial charge in [-0.3, -0.25) is 0 Å². The van der Waals surface area contributed by atoms with Gasteiger partial charge >= 0.3 is 6.18 Å². The van der Waals surface area contributed by atoms with Crippen molar-refractivity contribution >= 4 is 5.69 Å². The molecule has 0 amide bonds. The van der Waals surface area contributed by atoms with Gasteiger partial charge in [-0.15, -0.1) is 0 Å². The molecule has 1 unspecified atom stereocenters. The molecule has 0 radical (unpaired) electrons. The summed E-state index contributed by atoms with van der Waals surface area (Å²) in [4.78, 5) is 2.44. The molecule has 1 aliphatic heterocycles. The van der Waals surface area contributed by atoms with E-state index in [4.69, 9.17) is 0 Å². The Balaban J connectivity index is 1.86. The van der Waals surface area contributed by atoms with Crippen LogP contribution in [0.4, 0.5) is 18.9 Å². The van der Waals surface area contributed by atoms with Crippen molar-refractivity contribution < 1.29 is 13.2 Å². The highest BCUT2D eigenvalue weighted by Crippen LogP contribution is 2.48. The zero-order valence-corrected chi connectivity index (χ0v) is 19.0. The number of nitrogens with zero attached hydrogens (tertiary/aromatic N) is 1. The molecular weight excluding hydrogens is 397 g/mol. The van der Waals surface area contributed by atoms with E-state index >= 15 is 0 Å². The van der Waals surface area contributed by atoms with E-state index in [2.05, 4.69) is 50.0 Å². The molecular formula is C26H35F3N2. The topological polar surface area (TPSA) is 15.3 Å². The van der Waals surface area contributed by atoms with Gasteiger partial charge in [0.15, 0.2) is 0 Å². The minimum atomic E-state index is -4.32. The standard InChI is InChI=1S/C26H35F3N2/c1-5-31(6-2)17-18(3)12-14-22-19(4)23-16-21(26(27,28)29)13-15-24(23)30-25(22)20-10-8-7-9-11-20/h7-11,13,15-16,18-19,22,25,30H,5-6,12,14,17H2,1-4H3/t18-,19?,22-,25+/m1/s1. The van der Waals surface area contributed by atoms with Crippen LogP contribution in [0.2, 0.25) is 0 Å². The molecule has 2 nitrogen and oxygen atoms in total. The fourth-order valence-corrected chi connectivity index (χ4v) is 4.94. The summed E-state index contributed by atoms with van der Waals surface area (Å²) in [5.74, 6) is 0.827. The molecule has 1 N–H and O–H groups in total. The maximum atomic E-state index is 13.3. The summed E-state index contributed by atoms with van der Waals surface area (Å²) in [6.07, 6.45) is -2.28. The number of hydrogen-bond acceptors (Lipinski definition) is 2. The number of benzene rings is 2. The lowest BCUT2D eigenvalue weighted by Gasteiger charge is -2.40. The van der Waals surface area contributed by atoms with Crippen molar-refractivity contribution in [1.29, 1.82) is 0 Å². The quantitative estimate of drug-likeness (QED) is 0.469. The molecule has 0 spiro atoms. The Morgan fingerprint density at radius 3 is 2.32 bits per heavy atom. The first kappa shape index (κ1) is 23.6. The van der Waals surface area contributed by atoms with E-state index in [1.807, 2.05) is 18.2 Å². The third-order valence-electron chi connectivity index (χ3n) is 6.87. The first-order valence-electron chi connectivity index (χ1n) is 11.5. The van der Waals surface area contributed by atoms with Crippen LogP contribution in [0.25, 0.3) is 0 Å². The second-order valence-electron chi connectivity index (χ2n) is 8.95. The highest BCUT2D eigenvalue weighted by Gasteiger charge is 2.37. The zero-order chi connectivity index (χ0) is 22.6. The number of halogens is 3. The molecule has 2 aromatic carbocycles. The van der Waals surface area contributed by atoms with Crippen molar-refractivity contribution in [3.05, 3.63) is 65.2 Å². The molecule has 0 aliphatic carbocycles. The van der Waals surface area contributed by atoms with E-state index in [9.17, 15) is 13.2 Å². The summed E-state index contributed by atoms with van der Waals surface area (Å²) in [6, 6.07) is 14.5. The van der Waals surface area contributed by atoms with Gasteiger partial charge in [-0.25, -0.2) is 0 Å². The summed E-state index contributed by atoms with van der Waals surface area (Å²) in [6.45, 7) is 11.9. The van der Waals surface area contributed by atoms with Crippen LogP contribution < -0.4 is 5.32 Å². The minimum absolute atomic E-state index is 0.0457. The van der Waals surface area contributed by atoms with E-state index in [1.54, 1.807) is 6.07 Å². The number of anilines is 1. The lowest BCUT2D eigenvalue weighted by Crippen LogP contribution is -2.32. The smallest absolute Gasteiger partial charge is 0.378 e. The van der Waals surface area contributed by atoms with E-state index in [-0.39, 0.29) is 17.9 Å². The Morgan fingerprint density at radius 1 is 1.03 bits per heavy atom. The van der Waals surface area contributed by atoms with E-state index in [0.29, 0.717) is 5.92 Å². The van der Waals surface area contributed by atoms with Gasteiger partial charge < -0.3 is 10.2 Å². The molecule has 31 heavy (non-hydrogen) atoms. The zero-order valence-electron chi connectivity index (χ0n) is 19.0. The lowest BCUT2D eigenvalue weighted by atomic mass is 9.73. The molecule has 1 heterocycles. The third-order valence-corrected chi connectivity index (χ3v) is 6.87. The van der Waals surface area contributed by atoms with E-state index in [1.165, 1.54) is 17.7 Å². The summed E-state index contributed by atoms with van der Waals surface area (Å²) < 4.78 is 40.0. The predicted molar refractivity (Wildman–Crippen MR) is 122 cm³/mol. The third kappa shape index (κ3) is 5.62. The monoisotopic (exact) mass is 432 g/mol. The number of rotatable bonds is 8. The number of nitrogens with one attached hydrogen (secondary N) is 1. The van der Waals surface area contributed by atoms with Crippen LogP contribution in [0, 0.1) is 11.8 Å². The van der Waals surface area contributed by atoms with Gasteiger partial charge in [0.25, 0.3) is 0 Å². The molecule has 0 fully saturated rings. The van der Waals surface area contributed by atoms with Crippen LogP contribution in [0.15, 0.2) is 48.5 Å². The normalized spacial score (nSPS) is 22.1. The fraction of sp³-hybridized carbons (Fsp3) is 0.538. The molecule has 0 saturated carbocycles. The van der Waals surface area contributed by atoms with E-state index < -0.39 is 11.7 Å². The van der Waals surface area contributed by atoms with Gasteiger partial charge in [0.1, 0.15) is 0 Å². The van der Waals surface area contributed by atoms with Crippen molar-refractivity contribution in [1.82, 2.24) is 4.90 Å². The molecule has 4 atom stereocenters.